The maximum atomic E-state index is 12.8. The van der Waals surface area contributed by atoms with Gasteiger partial charge in [0.15, 0.2) is 6.29 Å². The Bertz CT molecular complexity index is 587. The quantitative estimate of drug-likeness (QED) is 0.846. The summed E-state index contributed by atoms with van der Waals surface area (Å²) in [6.07, 6.45) is 6.04. The zero-order valence-electron chi connectivity index (χ0n) is 14.2. The van der Waals surface area contributed by atoms with Gasteiger partial charge in [-0.05, 0) is 63.7 Å². The summed E-state index contributed by atoms with van der Waals surface area (Å²) in [5, 5.41) is 0. The first-order valence-corrected chi connectivity index (χ1v) is 8.75. The molecule has 1 aromatic rings. The molecule has 5 heteroatoms. The number of nitrogens with zero attached hydrogens (tertiary/aromatic N) is 2. The van der Waals surface area contributed by atoms with Crippen LogP contribution in [0, 0.1) is 13.8 Å². The van der Waals surface area contributed by atoms with Gasteiger partial charge in [-0.1, -0.05) is 0 Å². The highest BCUT2D eigenvalue weighted by molar-refractivity contribution is 5.82. The van der Waals surface area contributed by atoms with Crippen molar-refractivity contribution in [3.8, 4) is 0 Å². The van der Waals surface area contributed by atoms with Crippen LogP contribution in [-0.4, -0.2) is 59.2 Å². The molecule has 0 saturated carbocycles. The van der Waals surface area contributed by atoms with E-state index in [4.69, 9.17) is 0 Å². The molecule has 2 saturated heterocycles. The second-order valence-corrected chi connectivity index (χ2v) is 6.95. The lowest BCUT2D eigenvalue weighted by Gasteiger charge is -2.28. The maximum absolute atomic E-state index is 12.8. The summed E-state index contributed by atoms with van der Waals surface area (Å²) in [6, 6.07) is 0.366. The van der Waals surface area contributed by atoms with E-state index in [1.165, 1.54) is 25.9 Å². The van der Waals surface area contributed by atoms with Gasteiger partial charge in [0.05, 0.1) is 12.1 Å². The third-order valence-corrected chi connectivity index (χ3v) is 5.44. The third kappa shape index (κ3) is 3.34. The Labute approximate surface area is 138 Å². The van der Waals surface area contributed by atoms with Crippen LogP contribution in [0.15, 0.2) is 0 Å². The zero-order valence-corrected chi connectivity index (χ0v) is 14.2. The molecule has 1 unspecified atom stereocenters. The minimum Gasteiger partial charge on any atom is -0.356 e. The molecule has 2 fully saturated rings. The molecule has 1 amide bonds. The smallest absolute Gasteiger partial charge is 0.227 e. The van der Waals surface area contributed by atoms with Gasteiger partial charge in [-0.3, -0.25) is 9.59 Å². The number of carbonyl (C=O) groups excluding carboxylic acids is 2. The first kappa shape index (κ1) is 16.2. The fourth-order valence-electron chi connectivity index (χ4n) is 4.07. The number of rotatable bonds is 5. The standard InChI is InChI=1S/C18H27N3O2/c1-13-16(14(2)19-17(13)12-22)10-18(23)21-9-5-6-15(21)11-20-7-3-4-8-20/h12,15,19H,3-11H2,1-2H3. The predicted octanol–water partition coefficient (Wildman–Crippen LogP) is 2.07. The molecule has 0 bridgehead atoms. The number of aryl methyl sites for hydroxylation is 1. The summed E-state index contributed by atoms with van der Waals surface area (Å²) in [7, 11) is 0. The SMILES string of the molecule is Cc1[nH]c(C=O)c(C)c1CC(=O)N1CCCC1CN1CCCC1. The van der Waals surface area contributed by atoms with Gasteiger partial charge < -0.3 is 14.8 Å². The van der Waals surface area contributed by atoms with E-state index in [1.807, 2.05) is 13.8 Å². The summed E-state index contributed by atoms with van der Waals surface area (Å²) < 4.78 is 0. The number of aldehydes is 1. The lowest BCUT2D eigenvalue weighted by molar-refractivity contribution is -0.131. The highest BCUT2D eigenvalue weighted by atomic mass is 16.2. The first-order valence-electron chi connectivity index (χ1n) is 8.75. The Hall–Kier alpha value is -1.62. The Balaban J connectivity index is 1.67. The van der Waals surface area contributed by atoms with Crippen molar-refractivity contribution in [2.24, 2.45) is 0 Å². The normalized spacial score (nSPS) is 22.0. The van der Waals surface area contributed by atoms with Crippen LogP contribution in [0.5, 0.6) is 0 Å². The minimum atomic E-state index is 0.203. The van der Waals surface area contributed by atoms with Crippen molar-refractivity contribution < 1.29 is 9.59 Å². The fourth-order valence-corrected chi connectivity index (χ4v) is 4.07. The highest BCUT2D eigenvalue weighted by Gasteiger charge is 2.31. The van der Waals surface area contributed by atoms with Crippen LogP contribution in [0.3, 0.4) is 0 Å². The number of hydrogen-bond acceptors (Lipinski definition) is 3. The van der Waals surface area contributed by atoms with E-state index >= 15 is 0 Å². The Morgan fingerprint density at radius 1 is 1.22 bits per heavy atom. The van der Waals surface area contributed by atoms with E-state index in [1.54, 1.807) is 0 Å². The molecule has 3 heterocycles. The molecule has 2 aliphatic rings. The summed E-state index contributed by atoms with van der Waals surface area (Å²) in [5.41, 5.74) is 3.44. The number of aromatic nitrogens is 1. The summed E-state index contributed by atoms with van der Waals surface area (Å²) in [4.78, 5) is 31.5. The number of likely N-dealkylation sites (tertiary alicyclic amines) is 2. The van der Waals surface area contributed by atoms with E-state index in [-0.39, 0.29) is 5.91 Å². The number of H-pyrrole nitrogens is 1. The second-order valence-electron chi connectivity index (χ2n) is 6.95. The summed E-state index contributed by atoms with van der Waals surface area (Å²) >= 11 is 0. The molecule has 3 rings (SSSR count). The van der Waals surface area contributed by atoms with Gasteiger partial charge in [-0.2, -0.15) is 0 Å². The van der Waals surface area contributed by atoms with Crippen LogP contribution < -0.4 is 0 Å². The molecular weight excluding hydrogens is 290 g/mol. The first-order chi connectivity index (χ1) is 11.1. The topological polar surface area (TPSA) is 56.4 Å². The van der Waals surface area contributed by atoms with E-state index in [2.05, 4.69) is 14.8 Å². The highest BCUT2D eigenvalue weighted by Crippen LogP contribution is 2.23. The Morgan fingerprint density at radius 3 is 2.61 bits per heavy atom. The monoisotopic (exact) mass is 317 g/mol. The number of hydrogen-bond donors (Lipinski definition) is 1. The van der Waals surface area contributed by atoms with Crippen molar-refractivity contribution in [1.82, 2.24) is 14.8 Å². The van der Waals surface area contributed by atoms with Gasteiger partial charge in [-0.15, -0.1) is 0 Å². The van der Waals surface area contributed by atoms with E-state index in [0.29, 0.717) is 18.2 Å². The molecule has 5 nitrogen and oxygen atoms in total. The molecule has 2 aliphatic heterocycles. The third-order valence-electron chi connectivity index (χ3n) is 5.44. The van der Waals surface area contributed by atoms with Gasteiger partial charge in [0.1, 0.15) is 0 Å². The molecule has 0 aliphatic carbocycles. The van der Waals surface area contributed by atoms with Gasteiger partial charge >= 0.3 is 0 Å². The summed E-state index contributed by atoms with van der Waals surface area (Å²) in [6.45, 7) is 8.11. The Kier molecular flexibility index (Phi) is 4.85. The van der Waals surface area contributed by atoms with Crippen LogP contribution in [0.2, 0.25) is 0 Å². The van der Waals surface area contributed by atoms with Crippen molar-refractivity contribution in [3.63, 3.8) is 0 Å². The van der Waals surface area contributed by atoms with Gasteiger partial charge in [0.2, 0.25) is 5.91 Å². The minimum absolute atomic E-state index is 0.203. The van der Waals surface area contributed by atoms with Crippen LogP contribution >= 0.6 is 0 Å². The molecule has 23 heavy (non-hydrogen) atoms. The molecule has 1 atom stereocenters. The molecular formula is C18H27N3O2. The van der Waals surface area contributed by atoms with Crippen LogP contribution in [-0.2, 0) is 11.2 Å². The van der Waals surface area contributed by atoms with Crippen molar-refractivity contribution in [1.29, 1.82) is 0 Å². The zero-order chi connectivity index (χ0) is 16.4. The average Bonchev–Trinajstić information content (AvgIpc) is 3.25. The molecule has 1 N–H and O–H groups in total. The van der Waals surface area contributed by atoms with Crippen molar-refractivity contribution in [3.05, 3.63) is 22.5 Å². The van der Waals surface area contributed by atoms with Crippen molar-refractivity contribution in [2.45, 2.75) is 52.0 Å². The van der Waals surface area contributed by atoms with E-state index in [9.17, 15) is 9.59 Å². The molecule has 0 aromatic carbocycles. The molecule has 1 aromatic heterocycles. The van der Waals surface area contributed by atoms with Gasteiger partial charge in [-0.25, -0.2) is 0 Å². The average molecular weight is 317 g/mol. The Morgan fingerprint density at radius 2 is 1.96 bits per heavy atom. The number of aromatic amines is 1. The van der Waals surface area contributed by atoms with E-state index in [0.717, 1.165) is 49.0 Å². The van der Waals surface area contributed by atoms with Crippen molar-refractivity contribution in [2.75, 3.05) is 26.2 Å². The van der Waals surface area contributed by atoms with Crippen molar-refractivity contribution >= 4 is 12.2 Å². The fraction of sp³-hybridized carbons (Fsp3) is 0.667. The lowest BCUT2D eigenvalue weighted by Crippen LogP contribution is -2.43. The largest absolute Gasteiger partial charge is 0.356 e. The van der Waals surface area contributed by atoms with Gasteiger partial charge in [0.25, 0.3) is 0 Å². The second kappa shape index (κ2) is 6.87. The van der Waals surface area contributed by atoms with Crippen LogP contribution in [0.25, 0.3) is 0 Å². The molecule has 126 valence electrons. The predicted molar refractivity (Wildman–Crippen MR) is 89.8 cm³/mol. The van der Waals surface area contributed by atoms with Crippen LogP contribution in [0.4, 0.5) is 0 Å². The van der Waals surface area contributed by atoms with Gasteiger partial charge in [0, 0.05) is 24.8 Å². The lowest BCUT2D eigenvalue weighted by atomic mass is 10.1. The van der Waals surface area contributed by atoms with E-state index < -0.39 is 0 Å². The maximum Gasteiger partial charge on any atom is 0.227 e. The molecule has 0 radical (unpaired) electrons. The molecule has 0 spiro atoms. The van der Waals surface area contributed by atoms with Crippen LogP contribution in [0.1, 0.15) is 53.0 Å². The number of carbonyl (C=O) groups is 2. The number of amides is 1. The number of nitrogens with one attached hydrogen (secondary N) is 1. The summed E-state index contributed by atoms with van der Waals surface area (Å²) in [5.74, 6) is 0.203.